The molecule has 0 aromatic rings. The molecule has 3 aliphatic rings. The monoisotopic (exact) mass is 233 g/mol. The molecule has 0 aromatic heterocycles. The number of hydrogen-bond donors (Lipinski definition) is 0. The average Bonchev–Trinajstić information content (AvgIpc) is 2.85. The van der Waals surface area contributed by atoms with Crippen molar-refractivity contribution in [1.29, 1.82) is 5.26 Å². The SMILES string of the molecule is C=CC(=O)OC12CC3CC1C(C#N)(C3)C(=O)O2. The summed E-state index contributed by atoms with van der Waals surface area (Å²) >= 11 is 0. The molecule has 2 aliphatic carbocycles. The third kappa shape index (κ3) is 1.03. The predicted molar refractivity (Wildman–Crippen MR) is 54.0 cm³/mol. The van der Waals surface area contributed by atoms with E-state index in [-0.39, 0.29) is 11.8 Å². The Bertz CT molecular complexity index is 479. The molecular formula is C12H11NO4. The second kappa shape index (κ2) is 2.89. The van der Waals surface area contributed by atoms with Crippen molar-refractivity contribution in [2.75, 3.05) is 0 Å². The standard InChI is InChI=1S/C12H11NO4/c1-2-9(14)16-12-5-7-3-8(12)11(4-7,6-13)10(15)17-12/h2,7-8H,1,3-5H2. The highest BCUT2D eigenvalue weighted by Gasteiger charge is 2.76. The van der Waals surface area contributed by atoms with Crippen LogP contribution in [0, 0.1) is 28.6 Å². The van der Waals surface area contributed by atoms with Crippen LogP contribution in [0.5, 0.6) is 0 Å². The van der Waals surface area contributed by atoms with Crippen molar-refractivity contribution in [2.45, 2.75) is 25.0 Å². The smallest absolute Gasteiger partial charge is 0.333 e. The first-order valence-corrected chi connectivity index (χ1v) is 5.56. The van der Waals surface area contributed by atoms with Gasteiger partial charge in [-0.3, -0.25) is 4.79 Å². The molecule has 1 saturated heterocycles. The highest BCUT2D eigenvalue weighted by Crippen LogP contribution is 2.66. The first-order valence-electron chi connectivity index (χ1n) is 5.56. The summed E-state index contributed by atoms with van der Waals surface area (Å²) in [6.07, 6.45) is 2.79. The molecule has 1 heterocycles. The molecule has 2 bridgehead atoms. The van der Waals surface area contributed by atoms with Gasteiger partial charge in [-0.15, -0.1) is 0 Å². The zero-order chi connectivity index (χ0) is 12.3. The van der Waals surface area contributed by atoms with Crippen LogP contribution in [0.3, 0.4) is 0 Å². The molecule has 5 nitrogen and oxygen atoms in total. The minimum absolute atomic E-state index is 0.226. The van der Waals surface area contributed by atoms with Gasteiger partial charge in [0.2, 0.25) is 0 Å². The van der Waals surface area contributed by atoms with E-state index in [2.05, 4.69) is 12.6 Å². The van der Waals surface area contributed by atoms with Gasteiger partial charge in [0.05, 0.1) is 12.0 Å². The Balaban J connectivity index is 2.01. The molecule has 3 rings (SSSR count). The zero-order valence-electron chi connectivity index (χ0n) is 9.14. The van der Waals surface area contributed by atoms with Gasteiger partial charge in [0.25, 0.3) is 5.79 Å². The van der Waals surface area contributed by atoms with Gasteiger partial charge >= 0.3 is 11.9 Å². The molecule has 0 radical (unpaired) electrons. The van der Waals surface area contributed by atoms with Crippen molar-refractivity contribution < 1.29 is 19.1 Å². The number of fused-ring (bicyclic) bond motifs is 1. The minimum Gasteiger partial charge on any atom is -0.421 e. The number of carbonyl (C=O) groups is 2. The molecule has 0 amide bonds. The van der Waals surface area contributed by atoms with Crippen molar-refractivity contribution in [3.8, 4) is 6.07 Å². The second-order valence-corrected chi connectivity index (χ2v) is 4.97. The van der Waals surface area contributed by atoms with Gasteiger partial charge in [0, 0.05) is 12.5 Å². The lowest BCUT2D eigenvalue weighted by molar-refractivity contribution is -0.218. The van der Waals surface area contributed by atoms with E-state index < -0.39 is 23.1 Å². The van der Waals surface area contributed by atoms with Crippen LogP contribution in [0.4, 0.5) is 0 Å². The average molecular weight is 233 g/mol. The highest BCUT2D eigenvalue weighted by atomic mass is 16.7. The topological polar surface area (TPSA) is 76.4 Å². The van der Waals surface area contributed by atoms with E-state index in [1.807, 2.05) is 0 Å². The van der Waals surface area contributed by atoms with E-state index >= 15 is 0 Å². The third-order valence-electron chi connectivity index (χ3n) is 4.15. The summed E-state index contributed by atoms with van der Waals surface area (Å²) in [6.45, 7) is 3.32. The molecule has 4 unspecified atom stereocenters. The lowest BCUT2D eigenvalue weighted by Gasteiger charge is -2.31. The second-order valence-electron chi connectivity index (χ2n) is 4.97. The Morgan fingerprint density at radius 1 is 1.65 bits per heavy atom. The summed E-state index contributed by atoms with van der Waals surface area (Å²) in [6, 6.07) is 2.07. The molecule has 88 valence electrons. The van der Waals surface area contributed by atoms with E-state index in [4.69, 9.17) is 9.47 Å². The molecule has 17 heavy (non-hydrogen) atoms. The first kappa shape index (κ1) is 10.3. The van der Waals surface area contributed by atoms with Crippen molar-refractivity contribution in [3.63, 3.8) is 0 Å². The summed E-state index contributed by atoms with van der Waals surface area (Å²) in [5, 5.41) is 9.23. The third-order valence-corrected chi connectivity index (χ3v) is 4.15. The molecule has 2 saturated carbocycles. The predicted octanol–water partition coefficient (Wildman–Crippen LogP) is 0.909. The van der Waals surface area contributed by atoms with E-state index in [1.54, 1.807) is 0 Å². The van der Waals surface area contributed by atoms with Crippen LogP contribution in [0.2, 0.25) is 0 Å². The van der Waals surface area contributed by atoms with Gasteiger partial charge in [0.1, 0.15) is 0 Å². The number of rotatable bonds is 2. The molecule has 1 aliphatic heterocycles. The quantitative estimate of drug-likeness (QED) is 0.523. The number of carbonyl (C=O) groups excluding carboxylic acids is 2. The Kier molecular flexibility index (Phi) is 1.76. The Morgan fingerprint density at radius 3 is 3.00 bits per heavy atom. The van der Waals surface area contributed by atoms with Crippen LogP contribution in [0.1, 0.15) is 19.3 Å². The van der Waals surface area contributed by atoms with Gasteiger partial charge in [-0.05, 0) is 18.8 Å². The normalized spacial score (nSPS) is 45.2. The Labute approximate surface area is 98.0 Å². The molecule has 0 spiro atoms. The first-order chi connectivity index (χ1) is 8.06. The lowest BCUT2D eigenvalue weighted by atomic mass is 9.74. The molecule has 4 atom stereocenters. The molecule has 5 heteroatoms. The van der Waals surface area contributed by atoms with Crippen LogP contribution in [0.25, 0.3) is 0 Å². The Morgan fingerprint density at radius 2 is 2.41 bits per heavy atom. The largest absolute Gasteiger partial charge is 0.421 e. The maximum atomic E-state index is 11.9. The Hall–Kier alpha value is -1.83. The maximum absolute atomic E-state index is 11.9. The van der Waals surface area contributed by atoms with E-state index in [0.29, 0.717) is 19.3 Å². The van der Waals surface area contributed by atoms with Crippen LogP contribution in [-0.4, -0.2) is 17.7 Å². The zero-order valence-corrected chi connectivity index (χ0v) is 9.14. The van der Waals surface area contributed by atoms with Crippen molar-refractivity contribution >= 4 is 11.9 Å². The fourth-order valence-corrected chi connectivity index (χ4v) is 3.57. The summed E-state index contributed by atoms with van der Waals surface area (Å²) in [7, 11) is 0. The lowest BCUT2D eigenvalue weighted by Crippen LogP contribution is -2.41. The van der Waals surface area contributed by atoms with Gasteiger partial charge < -0.3 is 9.47 Å². The summed E-state index contributed by atoms with van der Waals surface area (Å²) in [4.78, 5) is 23.2. The number of ether oxygens (including phenoxy) is 2. The van der Waals surface area contributed by atoms with E-state index in [9.17, 15) is 14.9 Å². The highest BCUT2D eigenvalue weighted by molar-refractivity contribution is 5.86. The molecular weight excluding hydrogens is 222 g/mol. The summed E-state index contributed by atoms with van der Waals surface area (Å²) < 4.78 is 10.5. The maximum Gasteiger partial charge on any atom is 0.333 e. The van der Waals surface area contributed by atoms with Crippen LogP contribution < -0.4 is 0 Å². The van der Waals surface area contributed by atoms with Crippen LogP contribution >= 0.6 is 0 Å². The van der Waals surface area contributed by atoms with Gasteiger partial charge in [-0.2, -0.15) is 5.26 Å². The minimum atomic E-state index is -1.21. The van der Waals surface area contributed by atoms with Crippen molar-refractivity contribution in [1.82, 2.24) is 0 Å². The fraction of sp³-hybridized carbons (Fsp3) is 0.583. The van der Waals surface area contributed by atoms with E-state index in [1.165, 1.54) is 0 Å². The van der Waals surface area contributed by atoms with Crippen molar-refractivity contribution in [3.05, 3.63) is 12.7 Å². The molecule has 0 aromatic carbocycles. The number of nitrogens with zero attached hydrogens (tertiary/aromatic N) is 1. The van der Waals surface area contributed by atoms with Gasteiger partial charge in [-0.1, -0.05) is 6.58 Å². The fourth-order valence-electron chi connectivity index (χ4n) is 3.57. The summed E-state index contributed by atoms with van der Waals surface area (Å²) in [5.41, 5.74) is -1.09. The summed E-state index contributed by atoms with van der Waals surface area (Å²) in [5.74, 6) is -2.45. The number of hydrogen-bond acceptors (Lipinski definition) is 5. The number of nitriles is 1. The molecule has 0 N–H and O–H groups in total. The van der Waals surface area contributed by atoms with Crippen molar-refractivity contribution in [2.24, 2.45) is 17.3 Å². The van der Waals surface area contributed by atoms with E-state index in [0.717, 1.165) is 6.08 Å². The van der Waals surface area contributed by atoms with Gasteiger partial charge in [0.15, 0.2) is 5.41 Å². The van der Waals surface area contributed by atoms with Gasteiger partial charge in [-0.25, -0.2) is 4.79 Å². The van der Waals surface area contributed by atoms with Crippen LogP contribution in [-0.2, 0) is 19.1 Å². The van der Waals surface area contributed by atoms with Crippen LogP contribution in [0.15, 0.2) is 12.7 Å². The molecule has 3 fully saturated rings. The number of esters is 2.